The Bertz CT molecular complexity index is 2340. The third-order valence-corrected chi connectivity index (χ3v) is 15.3. The van der Waals surface area contributed by atoms with Crippen molar-refractivity contribution < 1.29 is 19.2 Å². The van der Waals surface area contributed by atoms with Crippen LogP contribution in [-0.4, -0.2) is 74.2 Å². The first-order valence-electron chi connectivity index (χ1n) is 23.1. The molecule has 1 aliphatic carbocycles. The van der Waals surface area contributed by atoms with Gasteiger partial charge in [0.1, 0.15) is 22.4 Å². The molecule has 4 aromatic rings. The van der Waals surface area contributed by atoms with Gasteiger partial charge in [0.05, 0.1) is 12.1 Å². The van der Waals surface area contributed by atoms with Gasteiger partial charge in [-0.15, -0.1) is 21.5 Å². The molecule has 63 heavy (non-hydrogen) atoms. The zero-order chi connectivity index (χ0) is 44.1. The maximum absolute atomic E-state index is 13.3. The summed E-state index contributed by atoms with van der Waals surface area (Å²) < 4.78 is 2.07. The minimum absolute atomic E-state index is 0.0451. The van der Waals surface area contributed by atoms with Crippen molar-refractivity contribution in [3.05, 3.63) is 92.3 Å². The number of aliphatic imine (C=N–C) groups is 1. The van der Waals surface area contributed by atoms with Crippen molar-refractivity contribution in [3.8, 4) is 5.00 Å². The number of piperidine rings is 1. The van der Waals surface area contributed by atoms with Crippen molar-refractivity contribution in [2.75, 3.05) is 25.0 Å². The van der Waals surface area contributed by atoms with Crippen molar-refractivity contribution >= 4 is 58.0 Å². The molecule has 2 aromatic heterocycles. The molecule has 1 atom stereocenters. The fourth-order valence-corrected chi connectivity index (χ4v) is 11.3. The van der Waals surface area contributed by atoms with Gasteiger partial charge in [-0.2, -0.15) is 0 Å². The van der Waals surface area contributed by atoms with Crippen LogP contribution in [-0.2, 0) is 19.2 Å². The van der Waals surface area contributed by atoms with Crippen LogP contribution in [0, 0.1) is 26.7 Å². The third-order valence-electron chi connectivity index (χ3n) is 13.8. The van der Waals surface area contributed by atoms with E-state index in [1.807, 2.05) is 48.2 Å². The van der Waals surface area contributed by atoms with Gasteiger partial charge in [0.2, 0.25) is 17.7 Å². The van der Waals surface area contributed by atoms with Crippen molar-refractivity contribution in [2.45, 2.75) is 141 Å². The van der Waals surface area contributed by atoms with Crippen LogP contribution >= 0.6 is 22.9 Å². The smallest absolute Gasteiger partial charge is 0.252 e. The normalized spacial score (nSPS) is 21.0. The summed E-state index contributed by atoms with van der Waals surface area (Å²) in [6, 6.07) is 15.6. The number of nitrogens with one attached hydrogen (secondary N) is 3. The van der Waals surface area contributed by atoms with Crippen LogP contribution in [0.3, 0.4) is 0 Å². The van der Waals surface area contributed by atoms with E-state index >= 15 is 0 Å². The van der Waals surface area contributed by atoms with E-state index < -0.39 is 11.6 Å². The molecule has 4 fully saturated rings. The largest absolute Gasteiger partial charge is 0.371 e. The molecule has 9 rings (SSSR count). The number of imide groups is 1. The standard InChI is InChI=1S/C49H61ClN8O4S/c1-31-32(2)63-47-43(31)44(35-16-18-38(50)19-17-35)52-40(45-56-55-33(3)58(45)47)30-41(59)51-26-11-9-7-5-4-6-8-10-15-42(60)57-27-22-34(23-28-57)37-13-12-14-39(29-37)54-49-24-20-36(21-25-49)46(61)53-48(49)62/h12-14,16-19,29,34,36,40,54H,4-11,15,20-28,30H2,1-3H3,(H,51,59)(H,53,61,62)/t36?,40-,49?/m0/s1. The van der Waals surface area contributed by atoms with Gasteiger partial charge in [0.25, 0.3) is 5.91 Å². The van der Waals surface area contributed by atoms with Gasteiger partial charge in [-0.25, -0.2) is 0 Å². The summed E-state index contributed by atoms with van der Waals surface area (Å²) in [6.45, 7) is 8.36. The number of fused-ring (bicyclic) bond motifs is 7. The van der Waals surface area contributed by atoms with E-state index in [0.29, 0.717) is 42.6 Å². The number of thiophene rings is 1. The Morgan fingerprint density at radius 1 is 0.873 bits per heavy atom. The highest BCUT2D eigenvalue weighted by atomic mass is 35.5. The quantitative estimate of drug-likeness (QED) is 0.0707. The molecular formula is C49H61ClN8O4S. The zero-order valence-corrected chi connectivity index (χ0v) is 38.5. The lowest BCUT2D eigenvalue weighted by molar-refractivity contribution is -0.133. The average molecular weight is 894 g/mol. The number of hydrogen-bond donors (Lipinski definition) is 3. The van der Waals surface area contributed by atoms with E-state index in [4.69, 9.17) is 16.6 Å². The number of rotatable bonds is 17. The van der Waals surface area contributed by atoms with Crippen LogP contribution in [0.1, 0.15) is 153 Å². The van der Waals surface area contributed by atoms with E-state index in [9.17, 15) is 19.2 Å². The molecule has 3 saturated heterocycles. The molecule has 2 bridgehead atoms. The van der Waals surface area contributed by atoms with E-state index in [0.717, 1.165) is 129 Å². The number of carbonyl (C=O) groups is 4. The van der Waals surface area contributed by atoms with Crippen molar-refractivity contribution in [1.29, 1.82) is 0 Å². The number of nitrogens with zero attached hydrogens (tertiary/aromatic N) is 5. The minimum Gasteiger partial charge on any atom is -0.371 e. The van der Waals surface area contributed by atoms with E-state index in [2.05, 4.69) is 56.7 Å². The first kappa shape index (κ1) is 44.7. The van der Waals surface area contributed by atoms with Crippen molar-refractivity contribution in [2.24, 2.45) is 10.9 Å². The maximum atomic E-state index is 13.3. The molecule has 0 spiro atoms. The summed E-state index contributed by atoms with van der Waals surface area (Å²) in [7, 11) is 0. The number of aromatic nitrogens is 3. The highest BCUT2D eigenvalue weighted by Gasteiger charge is 2.47. The number of hydrogen-bond acceptors (Lipinski definition) is 9. The fraction of sp³-hybridized carbons (Fsp3) is 0.531. The molecule has 5 aliphatic rings. The lowest BCUT2D eigenvalue weighted by Gasteiger charge is -2.36. The summed E-state index contributed by atoms with van der Waals surface area (Å²) in [5.74, 6) is 1.67. The predicted octanol–water partition coefficient (Wildman–Crippen LogP) is 9.22. The fourth-order valence-electron chi connectivity index (χ4n) is 9.95. The first-order chi connectivity index (χ1) is 30.5. The Labute approximate surface area is 380 Å². The maximum Gasteiger partial charge on any atom is 0.252 e. The average Bonchev–Trinajstić information content (AvgIpc) is 3.69. The van der Waals surface area contributed by atoms with Gasteiger partial charge in [0.15, 0.2) is 5.82 Å². The Balaban J connectivity index is 0.704. The summed E-state index contributed by atoms with van der Waals surface area (Å²) >= 11 is 7.95. The first-order valence-corrected chi connectivity index (χ1v) is 24.3. The molecule has 1 saturated carbocycles. The van der Waals surface area contributed by atoms with Gasteiger partial charge in [-0.1, -0.05) is 74.4 Å². The predicted molar refractivity (Wildman–Crippen MR) is 249 cm³/mol. The molecule has 12 nitrogen and oxygen atoms in total. The number of halogens is 1. The molecule has 4 amide bonds. The van der Waals surface area contributed by atoms with Gasteiger partial charge in [-0.3, -0.25) is 34.1 Å². The number of carbonyl (C=O) groups excluding carboxylic acids is 4. The molecule has 14 heteroatoms. The molecule has 2 aromatic carbocycles. The molecule has 3 N–H and O–H groups in total. The SMILES string of the molecule is Cc1sc2c(c1C)C(c1ccc(Cl)cc1)=N[C@@H](CC(=O)NCCCCCCCCCCC(=O)N1CCC(c3cccc(NC45CCC(CC4)C(=O)NC5=O)c3)CC1)c1nnc(C)n1-2. The zero-order valence-electron chi connectivity index (χ0n) is 36.9. The second kappa shape index (κ2) is 19.9. The molecular weight excluding hydrogens is 832 g/mol. The summed E-state index contributed by atoms with van der Waals surface area (Å²) in [5.41, 5.74) is 5.45. The molecule has 0 radical (unpaired) electrons. The Morgan fingerprint density at radius 2 is 1.57 bits per heavy atom. The molecule has 0 unspecified atom stereocenters. The number of anilines is 1. The lowest BCUT2D eigenvalue weighted by atomic mass is 9.77. The summed E-state index contributed by atoms with van der Waals surface area (Å²) in [6.07, 6.45) is 14.0. The number of amides is 4. The Morgan fingerprint density at radius 3 is 2.30 bits per heavy atom. The lowest BCUT2D eigenvalue weighted by Crippen LogP contribution is -2.51. The van der Waals surface area contributed by atoms with Crippen molar-refractivity contribution in [3.63, 3.8) is 0 Å². The van der Waals surface area contributed by atoms with Gasteiger partial charge < -0.3 is 15.5 Å². The topological polar surface area (TPSA) is 151 Å². The molecule has 6 heterocycles. The molecule has 334 valence electrons. The van der Waals surface area contributed by atoms with E-state index in [1.54, 1.807) is 11.3 Å². The third kappa shape index (κ3) is 10.1. The second-order valence-corrected chi connectivity index (χ2v) is 19.8. The Kier molecular flexibility index (Phi) is 14.1. The van der Waals surface area contributed by atoms with Gasteiger partial charge in [-0.05, 0) is 113 Å². The van der Waals surface area contributed by atoms with Crippen LogP contribution in [0.5, 0.6) is 0 Å². The highest BCUT2D eigenvalue weighted by molar-refractivity contribution is 7.15. The Hall–Kier alpha value is -4.88. The van der Waals surface area contributed by atoms with Gasteiger partial charge >= 0.3 is 0 Å². The monoisotopic (exact) mass is 892 g/mol. The van der Waals surface area contributed by atoms with Crippen LogP contribution < -0.4 is 16.0 Å². The number of benzene rings is 2. The number of aryl methyl sites for hydroxylation is 2. The van der Waals surface area contributed by atoms with E-state index in [-0.39, 0.29) is 36.0 Å². The van der Waals surface area contributed by atoms with Crippen LogP contribution in [0.4, 0.5) is 5.69 Å². The minimum atomic E-state index is -0.726. The second-order valence-electron chi connectivity index (χ2n) is 18.1. The van der Waals surface area contributed by atoms with Crippen LogP contribution in [0.15, 0.2) is 53.5 Å². The summed E-state index contributed by atoms with van der Waals surface area (Å²) in [5, 5.41) is 19.9. The summed E-state index contributed by atoms with van der Waals surface area (Å²) in [4.78, 5) is 60.2. The van der Waals surface area contributed by atoms with Gasteiger partial charge in [0, 0.05) is 58.7 Å². The molecule has 4 aliphatic heterocycles. The number of unbranched alkanes of at least 4 members (excludes halogenated alkanes) is 7. The van der Waals surface area contributed by atoms with Crippen LogP contribution in [0.25, 0.3) is 5.00 Å². The highest BCUT2D eigenvalue weighted by Crippen LogP contribution is 2.41. The number of likely N-dealkylation sites (tertiary alicyclic amines) is 1. The van der Waals surface area contributed by atoms with E-state index in [1.165, 1.54) is 10.4 Å². The van der Waals surface area contributed by atoms with Crippen LogP contribution in [0.2, 0.25) is 5.02 Å². The van der Waals surface area contributed by atoms with Crippen molar-refractivity contribution in [1.82, 2.24) is 30.3 Å².